The van der Waals surface area contributed by atoms with E-state index in [0.717, 1.165) is 19.3 Å². The fourth-order valence-electron chi connectivity index (χ4n) is 2.60. The molecule has 3 nitrogen and oxygen atoms in total. The van der Waals surface area contributed by atoms with Gasteiger partial charge < -0.3 is 14.9 Å². The third-order valence-corrected chi connectivity index (χ3v) is 3.72. The minimum Gasteiger partial charge on any atom is -0.494 e. The monoisotopic (exact) mass is 254 g/mol. The molecule has 1 unspecified atom stereocenters. The molecule has 2 rings (SSSR count). The fraction of sp³-hybridized carbons (Fsp3) is 0.571. The van der Waals surface area contributed by atoms with Crippen LogP contribution in [0.1, 0.15) is 43.8 Å². The second-order valence-corrected chi connectivity index (χ2v) is 4.96. The minimum absolute atomic E-state index is 0.140. The summed E-state index contributed by atoms with van der Waals surface area (Å²) in [4.78, 5) is 0. The predicted octanol–water partition coefficient (Wildman–Crippen LogP) is 2.56. The number of methoxy groups -OCH3 is 1. The van der Waals surface area contributed by atoms with Gasteiger partial charge in [-0.2, -0.15) is 0 Å². The molecule has 1 saturated carbocycles. The van der Waals surface area contributed by atoms with Crippen molar-refractivity contribution in [3.8, 4) is 5.75 Å². The lowest BCUT2D eigenvalue weighted by molar-refractivity contribution is -0.0992. The molecule has 0 saturated heterocycles. The smallest absolute Gasteiger partial charge is 0.165 e. The number of ether oxygens (including phenoxy) is 1. The van der Waals surface area contributed by atoms with Crippen LogP contribution in [-0.4, -0.2) is 22.9 Å². The van der Waals surface area contributed by atoms with E-state index in [0.29, 0.717) is 18.4 Å². The molecule has 1 aromatic rings. The van der Waals surface area contributed by atoms with E-state index in [9.17, 15) is 14.6 Å². The number of hydrogen-bond donors (Lipinski definition) is 2. The highest BCUT2D eigenvalue weighted by molar-refractivity contribution is 5.31. The summed E-state index contributed by atoms with van der Waals surface area (Å²) < 4.78 is 18.4. The van der Waals surface area contributed by atoms with Crippen LogP contribution >= 0.6 is 0 Å². The van der Waals surface area contributed by atoms with Gasteiger partial charge in [-0.05, 0) is 30.5 Å². The first-order chi connectivity index (χ1) is 8.57. The number of hydrogen-bond acceptors (Lipinski definition) is 3. The van der Waals surface area contributed by atoms with E-state index >= 15 is 0 Å². The van der Waals surface area contributed by atoms with Crippen molar-refractivity contribution in [3.63, 3.8) is 0 Å². The van der Waals surface area contributed by atoms with Crippen LogP contribution in [0.3, 0.4) is 0 Å². The topological polar surface area (TPSA) is 49.7 Å². The maximum atomic E-state index is 13.6. The van der Waals surface area contributed by atoms with Crippen molar-refractivity contribution in [2.75, 3.05) is 7.11 Å². The Balaban J connectivity index is 2.22. The highest BCUT2D eigenvalue weighted by atomic mass is 19.1. The summed E-state index contributed by atoms with van der Waals surface area (Å²) in [5.41, 5.74) is -0.725. The first kappa shape index (κ1) is 13.3. The van der Waals surface area contributed by atoms with Crippen molar-refractivity contribution in [3.05, 3.63) is 29.6 Å². The third-order valence-electron chi connectivity index (χ3n) is 3.72. The van der Waals surface area contributed by atoms with Crippen LogP contribution in [0, 0.1) is 5.82 Å². The zero-order chi connectivity index (χ0) is 13.2. The Kier molecular flexibility index (Phi) is 3.88. The van der Waals surface area contributed by atoms with E-state index in [1.165, 1.54) is 19.2 Å². The first-order valence-corrected chi connectivity index (χ1v) is 6.31. The standard InChI is InChI=1S/C14H19FO3/c1-18-12-6-5-10(9-11(12)15)13(16)14(17)7-3-2-4-8-14/h5-6,9,13,16-17H,2-4,7-8H2,1H3. The lowest BCUT2D eigenvalue weighted by Crippen LogP contribution is -2.38. The fourth-order valence-corrected chi connectivity index (χ4v) is 2.60. The molecule has 1 aromatic carbocycles. The van der Waals surface area contributed by atoms with Crippen molar-refractivity contribution >= 4 is 0 Å². The quantitative estimate of drug-likeness (QED) is 0.871. The highest BCUT2D eigenvalue weighted by Crippen LogP contribution is 2.39. The molecular formula is C14H19FO3. The van der Waals surface area contributed by atoms with Crippen LogP contribution < -0.4 is 4.74 Å². The largest absolute Gasteiger partial charge is 0.494 e. The molecule has 0 aromatic heterocycles. The summed E-state index contributed by atoms with van der Waals surface area (Å²) in [6.07, 6.45) is 2.94. The highest BCUT2D eigenvalue weighted by Gasteiger charge is 2.37. The van der Waals surface area contributed by atoms with Gasteiger partial charge in [0, 0.05) is 0 Å². The molecule has 0 heterocycles. The number of rotatable bonds is 3. The molecular weight excluding hydrogens is 235 g/mol. The maximum absolute atomic E-state index is 13.6. The summed E-state index contributed by atoms with van der Waals surface area (Å²) in [6, 6.07) is 4.30. The van der Waals surface area contributed by atoms with E-state index in [4.69, 9.17) is 4.74 Å². The maximum Gasteiger partial charge on any atom is 0.165 e. The summed E-state index contributed by atoms with van der Waals surface area (Å²) in [5, 5.41) is 20.6. The van der Waals surface area contributed by atoms with Gasteiger partial charge >= 0.3 is 0 Å². The molecule has 100 valence electrons. The normalized spacial score (nSPS) is 20.4. The van der Waals surface area contributed by atoms with E-state index in [-0.39, 0.29) is 5.75 Å². The van der Waals surface area contributed by atoms with Crippen LogP contribution in [0.5, 0.6) is 5.75 Å². The van der Waals surface area contributed by atoms with Gasteiger partial charge in [-0.25, -0.2) is 4.39 Å². The number of benzene rings is 1. The van der Waals surface area contributed by atoms with Crippen molar-refractivity contribution in [2.24, 2.45) is 0 Å². The molecule has 0 amide bonds. The molecule has 4 heteroatoms. The van der Waals surface area contributed by atoms with Crippen LogP contribution in [-0.2, 0) is 0 Å². The van der Waals surface area contributed by atoms with Crippen molar-refractivity contribution in [1.29, 1.82) is 0 Å². The van der Waals surface area contributed by atoms with Gasteiger partial charge in [-0.3, -0.25) is 0 Å². The molecule has 2 N–H and O–H groups in total. The van der Waals surface area contributed by atoms with E-state index in [2.05, 4.69) is 0 Å². The van der Waals surface area contributed by atoms with Gasteiger partial charge in [0.05, 0.1) is 12.7 Å². The van der Waals surface area contributed by atoms with Crippen LogP contribution in [0.25, 0.3) is 0 Å². The van der Waals surface area contributed by atoms with Crippen molar-refractivity contribution in [1.82, 2.24) is 0 Å². The minimum atomic E-state index is -1.13. The molecule has 0 bridgehead atoms. The molecule has 1 aliphatic rings. The summed E-state index contributed by atoms with van der Waals surface area (Å²) in [5.74, 6) is -0.380. The lowest BCUT2D eigenvalue weighted by Gasteiger charge is -2.36. The van der Waals surface area contributed by atoms with Crippen LogP contribution in [0.4, 0.5) is 4.39 Å². The predicted molar refractivity (Wildman–Crippen MR) is 65.9 cm³/mol. The van der Waals surface area contributed by atoms with Gasteiger partial charge in [0.2, 0.25) is 0 Å². The molecule has 0 radical (unpaired) electrons. The van der Waals surface area contributed by atoms with Crippen LogP contribution in [0.15, 0.2) is 18.2 Å². The Morgan fingerprint density at radius 1 is 1.28 bits per heavy atom. The summed E-state index contributed by atoms with van der Waals surface area (Å²) >= 11 is 0. The SMILES string of the molecule is COc1ccc(C(O)C2(O)CCCCC2)cc1F. The average molecular weight is 254 g/mol. The van der Waals surface area contributed by atoms with E-state index in [1.54, 1.807) is 6.07 Å². The number of aliphatic hydroxyl groups excluding tert-OH is 1. The number of aliphatic hydroxyl groups is 2. The zero-order valence-corrected chi connectivity index (χ0v) is 10.5. The Hall–Kier alpha value is -1.13. The zero-order valence-electron chi connectivity index (χ0n) is 10.5. The summed E-state index contributed by atoms with van der Waals surface area (Å²) in [6.45, 7) is 0. The van der Waals surface area contributed by atoms with Gasteiger partial charge in [0.1, 0.15) is 6.10 Å². The third kappa shape index (κ3) is 2.49. The Morgan fingerprint density at radius 2 is 1.94 bits per heavy atom. The van der Waals surface area contributed by atoms with E-state index < -0.39 is 17.5 Å². The average Bonchev–Trinajstić information content (AvgIpc) is 2.38. The molecule has 1 fully saturated rings. The molecule has 0 spiro atoms. The van der Waals surface area contributed by atoms with Crippen LogP contribution in [0.2, 0.25) is 0 Å². The summed E-state index contributed by atoms with van der Waals surface area (Å²) in [7, 11) is 1.39. The van der Waals surface area contributed by atoms with Gasteiger partial charge in [-0.1, -0.05) is 25.3 Å². The van der Waals surface area contributed by atoms with Gasteiger partial charge in [0.15, 0.2) is 11.6 Å². The number of halogens is 1. The molecule has 18 heavy (non-hydrogen) atoms. The molecule has 1 aliphatic carbocycles. The van der Waals surface area contributed by atoms with Gasteiger partial charge in [0.25, 0.3) is 0 Å². The lowest BCUT2D eigenvalue weighted by atomic mass is 9.78. The van der Waals surface area contributed by atoms with Gasteiger partial charge in [-0.15, -0.1) is 0 Å². The van der Waals surface area contributed by atoms with Crippen molar-refractivity contribution < 1.29 is 19.3 Å². The first-order valence-electron chi connectivity index (χ1n) is 6.31. The Morgan fingerprint density at radius 3 is 2.50 bits per heavy atom. The van der Waals surface area contributed by atoms with Crippen molar-refractivity contribution in [2.45, 2.75) is 43.8 Å². The molecule has 0 aliphatic heterocycles. The second-order valence-electron chi connectivity index (χ2n) is 4.96. The second kappa shape index (κ2) is 5.24. The van der Waals surface area contributed by atoms with E-state index in [1.807, 2.05) is 0 Å². The Bertz CT molecular complexity index is 414. The Labute approximate surface area is 106 Å². The molecule has 1 atom stereocenters.